The van der Waals surface area contributed by atoms with E-state index in [0.717, 1.165) is 0 Å². The highest BCUT2D eigenvalue weighted by Crippen LogP contribution is 2.23. The lowest BCUT2D eigenvalue weighted by Gasteiger charge is -2.07. The number of aromatic nitrogens is 3. The normalized spacial score (nSPS) is 11.5. The van der Waals surface area contributed by atoms with Gasteiger partial charge in [-0.15, -0.1) is 0 Å². The molecule has 0 aliphatic carbocycles. The van der Waals surface area contributed by atoms with E-state index in [9.17, 15) is 13.2 Å². The van der Waals surface area contributed by atoms with Crippen molar-refractivity contribution in [1.29, 1.82) is 0 Å². The van der Waals surface area contributed by atoms with Gasteiger partial charge in [-0.3, -0.25) is 0 Å². The van der Waals surface area contributed by atoms with Crippen LogP contribution in [0.4, 0.5) is 0 Å². The maximum absolute atomic E-state index is 12.3. The molecule has 0 spiro atoms. The van der Waals surface area contributed by atoms with Gasteiger partial charge in [0.2, 0.25) is 10.0 Å². The van der Waals surface area contributed by atoms with Gasteiger partial charge in [0, 0.05) is 17.5 Å². The van der Waals surface area contributed by atoms with Gasteiger partial charge in [-0.05, 0) is 19.9 Å². The molecule has 0 saturated heterocycles. The summed E-state index contributed by atoms with van der Waals surface area (Å²) in [4.78, 5) is 21.2. The largest absolute Gasteiger partial charge is 0.477 e. The van der Waals surface area contributed by atoms with E-state index < -0.39 is 16.0 Å². The zero-order chi connectivity index (χ0) is 15.6. The minimum Gasteiger partial charge on any atom is -0.477 e. The second kappa shape index (κ2) is 5.62. The summed E-state index contributed by atoms with van der Waals surface area (Å²) in [5, 5.41) is 9.01. The van der Waals surface area contributed by atoms with Crippen molar-refractivity contribution in [1.82, 2.24) is 19.7 Å². The number of carboxylic acids is 1. The third-order valence-corrected chi connectivity index (χ3v) is 4.61. The number of aromatic amines is 1. The highest BCUT2D eigenvalue weighted by Gasteiger charge is 2.26. The Labute approximate surface area is 121 Å². The van der Waals surface area contributed by atoms with Crippen molar-refractivity contribution >= 4 is 16.0 Å². The predicted octanol–water partition coefficient (Wildman–Crippen LogP) is 0.598. The van der Waals surface area contributed by atoms with E-state index in [1.54, 1.807) is 6.07 Å². The lowest BCUT2D eigenvalue weighted by molar-refractivity contribution is 0.0690. The number of nitrogens with one attached hydrogen (secondary N) is 2. The van der Waals surface area contributed by atoms with E-state index in [0.29, 0.717) is 5.69 Å². The quantitative estimate of drug-likeness (QED) is 0.742. The maximum atomic E-state index is 12.3. The van der Waals surface area contributed by atoms with Crippen LogP contribution in [0.1, 0.15) is 27.4 Å². The number of aryl methyl sites for hydroxylation is 1. The SMILES string of the molecule is Cc1[nH]c(C(=O)O)c(C)c1S(=O)(=O)NCc1ccncn1. The third-order valence-electron chi connectivity index (χ3n) is 2.94. The first-order valence-corrected chi connectivity index (χ1v) is 7.48. The summed E-state index contributed by atoms with van der Waals surface area (Å²) in [6, 6.07) is 1.59. The molecule has 8 nitrogen and oxygen atoms in total. The second-order valence-electron chi connectivity index (χ2n) is 4.41. The summed E-state index contributed by atoms with van der Waals surface area (Å²) in [6.45, 7) is 2.96. The number of carbonyl (C=O) groups is 1. The van der Waals surface area contributed by atoms with Gasteiger partial charge in [0.05, 0.1) is 12.2 Å². The smallest absolute Gasteiger partial charge is 0.352 e. The second-order valence-corrected chi connectivity index (χ2v) is 6.11. The number of rotatable bonds is 5. The van der Waals surface area contributed by atoms with Crippen LogP contribution < -0.4 is 4.72 Å². The maximum Gasteiger partial charge on any atom is 0.352 e. The van der Waals surface area contributed by atoms with Gasteiger partial charge >= 0.3 is 5.97 Å². The van der Waals surface area contributed by atoms with Crippen LogP contribution in [-0.4, -0.2) is 34.4 Å². The standard InChI is InChI=1S/C12H14N4O4S/c1-7-10(12(17)18)16-8(2)11(7)21(19,20)15-5-9-3-4-13-6-14-9/h3-4,6,15-16H,5H2,1-2H3,(H,17,18). The Bertz CT molecular complexity index is 768. The van der Waals surface area contributed by atoms with Crippen molar-refractivity contribution in [2.45, 2.75) is 25.3 Å². The molecule has 0 radical (unpaired) electrons. The van der Waals surface area contributed by atoms with Crippen LogP contribution in [0.3, 0.4) is 0 Å². The Kier molecular flexibility index (Phi) is 4.05. The molecule has 0 aromatic carbocycles. The van der Waals surface area contributed by atoms with E-state index >= 15 is 0 Å². The lowest BCUT2D eigenvalue weighted by atomic mass is 10.2. The molecule has 2 aromatic rings. The molecule has 0 fully saturated rings. The average Bonchev–Trinajstić information content (AvgIpc) is 2.74. The first-order valence-electron chi connectivity index (χ1n) is 6.00. The van der Waals surface area contributed by atoms with Crippen molar-refractivity contribution in [2.24, 2.45) is 0 Å². The molecule has 0 atom stereocenters. The topological polar surface area (TPSA) is 125 Å². The molecule has 21 heavy (non-hydrogen) atoms. The van der Waals surface area contributed by atoms with Crippen LogP contribution in [0.25, 0.3) is 0 Å². The number of carboxylic acid groups (broad SMARTS) is 1. The molecule has 2 aromatic heterocycles. The van der Waals surface area contributed by atoms with Crippen LogP contribution in [0, 0.1) is 13.8 Å². The van der Waals surface area contributed by atoms with E-state index in [4.69, 9.17) is 5.11 Å². The predicted molar refractivity (Wildman–Crippen MR) is 73.3 cm³/mol. The Hall–Kier alpha value is -2.26. The van der Waals surface area contributed by atoms with Crippen LogP contribution >= 0.6 is 0 Å². The van der Waals surface area contributed by atoms with Gasteiger partial charge in [0.15, 0.2) is 0 Å². The van der Waals surface area contributed by atoms with Crippen LogP contribution in [0.2, 0.25) is 0 Å². The van der Waals surface area contributed by atoms with E-state index in [-0.39, 0.29) is 28.4 Å². The zero-order valence-corrected chi connectivity index (χ0v) is 12.2. The molecule has 0 aliphatic heterocycles. The summed E-state index contributed by atoms with van der Waals surface area (Å²) < 4.78 is 27.0. The Morgan fingerprint density at radius 3 is 2.67 bits per heavy atom. The number of nitrogens with zero attached hydrogens (tertiary/aromatic N) is 2. The molecule has 0 saturated carbocycles. The minimum absolute atomic E-state index is 0.00266. The molecular weight excluding hydrogens is 296 g/mol. The number of hydrogen-bond donors (Lipinski definition) is 3. The molecular formula is C12H14N4O4S. The van der Waals surface area contributed by atoms with Gasteiger partial charge in [-0.25, -0.2) is 27.9 Å². The fraction of sp³-hybridized carbons (Fsp3) is 0.250. The van der Waals surface area contributed by atoms with E-state index in [2.05, 4.69) is 19.7 Å². The molecule has 0 unspecified atom stereocenters. The number of H-pyrrole nitrogens is 1. The van der Waals surface area contributed by atoms with Crippen molar-refractivity contribution in [3.63, 3.8) is 0 Å². The summed E-state index contributed by atoms with van der Waals surface area (Å²) >= 11 is 0. The molecule has 0 amide bonds. The molecule has 2 rings (SSSR count). The van der Waals surface area contributed by atoms with E-state index in [1.165, 1.54) is 26.4 Å². The first kappa shape index (κ1) is 15.1. The fourth-order valence-electron chi connectivity index (χ4n) is 2.01. The Balaban J connectivity index is 2.30. The monoisotopic (exact) mass is 310 g/mol. The molecule has 9 heteroatoms. The minimum atomic E-state index is -3.84. The van der Waals surface area contributed by atoms with Crippen molar-refractivity contribution in [2.75, 3.05) is 0 Å². The summed E-state index contributed by atoms with van der Waals surface area (Å²) in [5.74, 6) is -1.20. The first-order chi connectivity index (χ1) is 9.83. The molecule has 0 aliphatic rings. The van der Waals surface area contributed by atoms with Gasteiger partial charge in [-0.1, -0.05) is 0 Å². The molecule has 0 bridgehead atoms. The van der Waals surface area contributed by atoms with Crippen molar-refractivity contribution < 1.29 is 18.3 Å². The third kappa shape index (κ3) is 3.09. The van der Waals surface area contributed by atoms with Crippen LogP contribution in [-0.2, 0) is 16.6 Å². The summed E-state index contributed by atoms with van der Waals surface area (Å²) in [6.07, 6.45) is 2.82. The van der Waals surface area contributed by atoms with Crippen molar-refractivity contribution in [3.8, 4) is 0 Å². The van der Waals surface area contributed by atoms with Gasteiger partial charge in [0.25, 0.3) is 0 Å². The van der Waals surface area contributed by atoms with Crippen molar-refractivity contribution in [3.05, 3.63) is 41.2 Å². The average molecular weight is 310 g/mol. The highest BCUT2D eigenvalue weighted by molar-refractivity contribution is 7.89. The van der Waals surface area contributed by atoms with Gasteiger partial charge in [0.1, 0.15) is 16.9 Å². The molecule has 112 valence electrons. The van der Waals surface area contributed by atoms with Crippen LogP contribution in [0.15, 0.2) is 23.5 Å². The summed E-state index contributed by atoms with van der Waals surface area (Å²) in [7, 11) is -3.84. The Morgan fingerprint density at radius 1 is 1.43 bits per heavy atom. The highest BCUT2D eigenvalue weighted by atomic mass is 32.2. The van der Waals surface area contributed by atoms with Gasteiger partial charge in [-0.2, -0.15) is 0 Å². The number of aromatic carboxylic acids is 1. The fourth-order valence-corrected chi connectivity index (χ4v) is 3.46. The lowest BCUT2D eigenvalue weighted by Crippen LogP contribution is -2.24. The zero-order valence-electron chi connectivity index (χ0n) is 11.4. The summed E-state index contributed by atoms with van der Waals surface area (Å²) in [5.41, 5.74) is 0.836. The molecule has 2 heterocycles. The van der Waals surface area contributed by atoms with E-state index in [1.807, 2.05) is 0 Å². The van der Waals surface area contributed by atoms with Crippen LogP contribution in [0.5, 0.6) is 0 Å². The number of sulfonamides is 1. The molecule has 3 N–H and O–H groups in total. The number of hydrogen-bond acceptors (Lipinski definition) is 5. The van der Waals surface area contributed by atoms with Gasteiger partial charge < -0.3 is 10.1 Å². The Morgan fingerprint density at radius 2 is 2.14 bits per heavy atom.